The zero-order chi connectivity index (χ0) is 18.5. The van der Waals surface area contributed by atoms with Gasteiger partial charge >= 0.3 is 0 Å². The molecule has 0 aromatic heterocycles. The van der Waals surface area contributed by atoms with Crippen molar-refractivity contribution < 1.29 is 0 Å². The number of unbranched alkanes of at least 4 members (excludes halogenated alkanes) is 2. The molecule has 2 heteroatoms. The van der Waals surface area contributed by atoms with Gasteiger partial charge in [-0.3, -0.25) is 0 Å². The molecule has 1 rings (SSSR count). The highest BCUT2D eigenvalue weighted by Gasteiger charge is 2.23. The molecule has 1 aliphatic heterocycles. The molecule has 2 atom stereocenters. The number of allylic oxidation sites excluding steroid dienone is 1. The van der Waals surface area contributed by atoms with Gasteiger partial charge in [0.25, 0.3) is 0 Å². The molecule has 0 aromatic carbocycles. The summed E-state index contributed by atoms with van der Waals surface area (Å²) in [4.78, 5) is 1.51. The van der Waals surface area contributed by atoms with Crippen molar-refractivity contribution in [2.24, 2.45) is 5.92 Å². The van der Waals surface area contributed by atoms with Crippen molar-refractivity contribution in [3.05, 3.63) is 11.1 Å². The van der Waals surface area contributed by atoms with E-state index in [9.17, 15) is 0 Å². The van der Waals surface area contributed by atoms with Gasteiger partial charge in [-0.2, -0.15) is 0 Å². The van der Waals surface area contributed by atoms with E-state index in [2.05, 4.69) is 60.0 Å². The molecule has 0 saturated carbocycles. The standard InChI is InChI=1S/C11H21NS.C5H12.C3H8.C2H6/c1-4-7-9(5-2)11-12-8-10(6-3)13-11;1-3-5-4-2;1-3-2;1-2/h8-9,11-12H,4-7H2,1-3H3;3-5H2,1-2H3;3H2,1-2H3;1-2H3. The topological polar surface area (TPSA) is 12.0 Å². The van der Waals surface area contributed by atoms with E-state index >= 15 is 0 Å². The molecule has 0 aliphatic carbocycles. The van der Waals surface area contributed by atoms with Crippen LogP contribution in [-0.2, 0) is 0 Å². The van der Waals surface area contributed by atoms with Crippen LogP contribution in [0.1, 0.15) is 114 Å². The maximum absolute atomic E-state index is 3.49. The quantitative estimate of drug-likeness (QED) is 0.497. The lowest BCUT2D eigenvalue weighted by Crippen LogP contribution is -2.25. The number of hydrogen-bond acceptors (Lipinski definition) is 2. The Bertz CT molecular complexity index is 224. The summed E-state index contributed by atoms with van der Waals surface area (Å²) in [5, 5.41) is 4.15. The largest absolute Gasteiger partial charge is 0.378 e. The minimum atomic E-state index is 0.653. The summed E-state index contributed by atoms with van der Waals surface area (Å²) in [5.74, 6) is 0.843. The molecule has 142 valence electrons. The predicted octanol–water partition coefficient (Wildman–Crippen LogP) is 8.37. The van der Waals surface area contributed by atoms with E-state index in [1.54, 1.807) is 0 Å². The first-order valence-corrected chi connectivity index (χ1v) is 11.1. The zero-order valence-electron chi connectivity index (χ0n) is 17.8. The lowest BCUT2D eigenvalue weighted by Gasteiger charge is -2.21. The number of nitrogens with one attached hydrogen (secondary N) is 1. The van der Waals surface area contributed by atoms with Crippen molar-refractivity contribution in [2.75, 3.05) is 0 Å². The molecule has 1 heterocycles. The Kier molecular flexibility index (Phi) is 29.1. The first-order valence-electron chi connectivity index (χ1n) is 10.3. The van der Waals surface area contributed by atoms with Crippen LogP contribution in [0.2, 0.25) is 0 Å². The summed E-state index contributed by atoms with van der Waals surface area (Å²) >= 11 is 2.03. The second-order valence-corrected chi connectivity index (χ2v) is 6.95. The van der Waals surface area contributed by atoms with Gasteiger partial charge in [-0.05, 0) is 18.8 Å². The smallest absolute Gasteiger partial charge is 0.0789 e. The van der Waals surface area contributed by atoms with Crippen molar-refractivity contribution in [1.29, 1.82) is 0 Å². The number of rotatable bonds is 7. The fraction of sp³-hybridized carbons (Fsp3) is 0.905. The van der Waals surface area contributed by atoms with Gasteiger partial charge in [-0.1, -0.05) is 101 Å². The van der Waals surface area contributed by atoms with Gasteiger partial charge in [0.1, 0.15) is 0 Å². The van der Waals surface area contributed by atoms with Crippen molar-refractivity contribution in [2.45, 2.75) is 119 Å². The van der Waals surface area contributed by atoms with Gasteiger partial charge in [0.2, 0.25) is 0 Å². The van der Waals surface area contributed by atoms with Crippen LogP contribution in [0.3, 0.4) is 0 Å². The summed E-state index contributed by atoms with van der Waals surface area (Å²) < 4.78 is 0. The minimum absolute atomic E-state index is 0.653. The Morgan fingerprint density at radius 3 is 1.74 bits per heavy atom. The van der Waals surface area contributed by atoms with Gasteiger partial charge in [0, 0.05) is 11.1 Å². The van der Waals surface area contributed by atoms with E-state index in [1.165, 1.54) is 56.3 Å². The van der Waals surface area contributed by atoms with Gasteiger partial charge in [-0.25, -0.2) is 0 Å². The first kappa shape index (κ1) is 27.7. The third-order valence-electron chi connectivity index (χ3n) is 3.35. The molecular weight excluding hydrogens is 298 g/mol. The van der Waals surface area contributed by atoms with Crippen molar-refractivity contribution in [3.63, 3.8) is 0 Å². The van der Waals surface area contributed by atoms with Crippen LogP contribution in [0, 0.1) is 5.92 Å². The molecule has 23 heavy (non-hydrogen) atoms. The Labute approximate surface area is 153 Å². The monoisotopic (exact) mass is 345 g/mol. The van der Waals surface area contributed by atoms with E-state index in [1.807, 2.05) is 25.6 Å². The molecule has 0 aromatic rings. The van der Waals surface area contributed by atoms with Gasteiger partial charge in [0.05, 0.1) is 5.37 Å². The van der Waals surface area contributed by atoms with Crippen LogP contribution in [-0.4, -0.2) is 5.37 Å². The van der Waals surface area contributed by atoms with E-state index in [4.69, 9.17) is 0 Å². The summed E-state index contributed by atoms with van der Waals surface area (Å²) in [5.41, 5.74) is 0. The number of thioether (sulfide) groups is 1. The van der Waals surface area contributed by atoms with Crippen LogP contribution in [0.15, 0.2) is 11.1 Å². The Balaban J connectivity index is -0.000000334. The molecular formula is C21H47NS. The molecule has 0 spiro atoms. The summed E-state index contributed by atoms with van der Waals surface area (Å²) in [6, 6.07) is 0. The van der Waals surface area contributed by atoms with Crippen LogP contribution >= 0.6 is 11.8 Å². The lowest BCUT2D eigenvalue weighted by molar-refractivity contribution is 0.429. The normalized spacial score (nSPS) is 16.4. The molecule has 1 aliphatic rings. The second-order valence-electron chi connectivity index (χ2n) is 5.69. The number of hydrogen-bond donors (Lipinski definition) is 1. The summed E-state index contributed by atoms with van der Waals surface area (Å²) in [6.45, 7) is 19.5. The summed E-state index contributed by atoms with van der Waals surface area (Å²) in [6.07, 6.45) is 12.7. The predicted molar refractivity (Wildman–Crippen MR) is 114 cm³/mol. The third kappa shape index (κ3) is 18.1. The van der Waals surface area contributed by atoms with Crippen molar-refractivity contribution in [1.82, 2.24) is 5.32 Å². The van der Waals surface area contributed by atoms with Crippen LogP contribution in [0.5, 0.6) is 0 Å². The molecule has 2 unspecified atom stereocenters. The molecule has 1 N–H and O–H groups in total. The van der Waals surface area contributed by atoms with Crippen LogP contribution in [0.25, 0.3) is 0 Å². The van der Waals surface area contributed by atoms with Gasteiger partial charge in [0.15, 0.2) is 0 Å². The maximum atomic E-state index is 3.49. The Hall–Kier alpha value is -0.110. The molecule has 1 nitrogen and oxygen atoms in total. The van der Waals surface area contributed by atoms with E-state index < -0.39 is 0 Å². The first-order chi connectivity index (χ1) is 11.1. The fourth-order valence-corrected chi connectivity index (χ4v) is 3.40. The molecule has 0 saturated heterocycles. The highest BCUT2D eigenvalue weighted by Crippen LogP contribution is 2.34. The fourth-order valence-electron chi connectivity index (χ4n) is 2.12. The third-order valence-corrected chi connectivity index (χ3v) is 4.84. The Morgan fingerprint density at radius 1 is 0.957 bits per heavy atom. The highest BCUT2D eigenvalue weighted by molar-refractivity contribution is 8.03. The average Bonchev–Trinajstić information content (AvgIpc) is 3.05. The molecule has 0 amide bonds. The molecule has 0 bridgehead atoms. The van der Waals surface area contributed by atoms with E-state index in [0.717, 1.165) is 5.92 Å². The van der Waals surface area contributed by atoms with Crippen LogP contribution in [0.4, 0.5) is 0 Å². The van der Waals surface area contributed by atoms with E-state index in [0.29, 0.717) is 5.37 Å². The van der Waals surface area contributed by atoms with Crippen LogP contribution < -0.4 is 5.32 Å². The van der Waals surface area contributed by atoms with E-state index in [-0.39, 0.29) is 0 Å². The minimum Gasteiger partial charge on any atom is -0.378 e. The molecule has 0 fully saturated rings. The SMILES string of the molecule is CC.CCC.CCCC(CC)C1NC=C(CC)S1.CCCCC. The highest BCUT2D eigenvalue weighted by atomic mass is 32.2. The van der Waals surface area contributed by atoms with Gasteiger partial charge in [-0.15, -0.1) is 11.8 Å². The summed E-state index contributed by atoms with van der Waals surface area (Å²) in [7, 11) is 0. The lowest BCUT2D eigenvalue weighted by atomic mass is 10.0. The molecule has 0 radical (unpaired) electrons. The second kappa shape index (κ2) is 24.1. The van der Waals surface area contributed by atoms with Crippen molar-refractivity contribution in [3.8, 4) is 0 Å². The van der Waals surface area contributed by atoms with Gasteiger partial charge < -0.3 is 5.32 Å². The Morgan fingerprint density at radius 2 is 1.48 bits per heavy atom. The average molecular weight is 346 g/mol. The zero-order valence-corrected chi connectivity index (χ0v) is 18.6. The van der Waals surface area contributed by atoms with Crippen molar-refractivity contribution >= 4 is 11.8 Å². The maximum Gasteiger partial charge on any atom is 0.0789 e.